The van der Waals surface area contributed by atoms with E-state index in [-0.39, 0.29) is 12.5 Å². The van der Waals surface area contributed by atoms with Crippen LogP contribution < -0.4 is 5.73 Å². The average molecular weight is 172 g/mol. The van der Waals surface area contributed by atoms with E-state index in [1.54, 1.807) is 17.5 Å². The van der Waals surface area contributed by atoms with E-state index in [9.17, 15) is 0 Å². The van der Waals surface area contributed by atoms with Crippen LogP contribution in [0.15, 0.2) is 11.6 Å². The zero-order chi connectivity index (χ0) is 8.10. The van der Waals surface area contributed by atoms with Crippen LogP contribution in [0.1, 0.15) is 17.3 Å². The van der Waals surface area contributed by atoms with E-state index >= 15 is 0 Å². The molecule has 1 heterocycles. The topological polar surface area (TPSA) is 59.1 Å². The van der Waals surface area contributed by atoms with Gasteiger partial charge in [0.15, 0.2) is 0 Å². The molecule has 11 heavy (non-hydrogen) atoms. The number of thiazole rings is 1. The highest BCUT2D eigenvalue weighted by Gasteiger charge is 2.10. The smallest absolute Gasteiger partial charge is 0.0969 e. The van der Waals surface area contributed by atoms with Gasteiger partial charge in [0.2, 0.25) is 0 Å². The van der Waals surface area contributed by atoms with Gasteiger partial charge in [0.05, 0.1) is 5.01 Å². The molecule has 3 N–H and O–H groups in total. The van der Waals surface area contributed by atoms with Crippen molar-refractivity contribution in [3.8, 4) is 0 Å². The van der Waals surface area contributed by atoms with Crippen molar-refractivity contribution in [2.75, 3.05) is 13.2 Å². The summed E-state index contributed by atoms with van der Waals surface area (Å²) in [6.07, 6.45) is 2.48. The third-order valence-electron chi connectivity index (χ3n) is 1.56. The normalized spacial score (nSPS) is 13.3. The molecule has 0 amide bonds. The third-order valence-corrected chi connectivity index (χ3v) is 2.50. The quantitative estimate of drug-likeness (QED) is 0.698. The minimum absolute atomic E-state index is 0.182. The van der Waals surface area contributed by atoms with Gasteiger partial charge in [0.25, 0.3) is 0 Å². The first kappa shape index (κ1) is 8.64. The van der Waals surface area contributed by atoms with Gasteiger partial charge >= 0.3 is 0 Å². The highest BCUT2D eigenvalue weighted by atomic mass is 32.1. The zero-order valence-corrected chi connectivity index (χ0v) is 7.05. The first-order valence-electron chi connectivity index (χ1n) is 3.58. The fraction of sp³-hybridized carbons (Fsp3) is 0.571. The summed E-state index contributed by atoms with van der Waals surface area (Å²) in [5.74, 6) is 0.236. The molecule has 0 aliphatic rings. The van der Waals surface area contributed by atoms with E-state index in [1.165, 1.54) is 0 Å². The van der Waals surface area contributed by atoms with Gasteiger partial charge in [-0.05, 0) is 6.42 Å². The lowest BCUT2D eigenvalue weighted by Gasteiger charge is -2.08. The van der Waals surface area contributed by atoms with Crippen LogP contribution in [0.2, 0.25) is 0 Å². The molecule has 1 atom stereocenters. The van der Waals surface area contributed by atoms with Gasteiger partial charge in [-0.15, -0.1) is 11.3 Å². The van der Waals surface area contributed by atoms with E-state index < -0.39 is 0 Å². The molecule has 0 saturated heterocycles. The molecule has 1 unspecified atom stereocenters. The Kier molecular flexibility index (Phi) is 3.48. The number of nitrogens with zero attached hydrogens (tertiary/aromatic N) is 1. The van der Waals surface area contributed by atoms with Crippen molar-refractivity contribution in [3.05, 3.63) is 16.6 Å². The van der Waals surface area contributed by atoms with Crippen LogP contribution in [0, 0.1) is 0 Å². The first-order valence-corrected chi connectivity index (χ1v) is 4.46. The second-order valence-electron chi connectivity index (χ2n) is 2.32. The van der Waals surface area contributed by atoms with E-state index in [0.717, 1.165) is 5.01 Å². The molecule has 0 aliphatic carbocycles. The van der Waals surface area contributed by atoms with Crippen molar-refractivity contribution >= 4 is 11.3 Å². The molecule has 4 heteroatoms. The van der Waals surface area contributed by atoms with Gasteiger partial charge in [0.1, 0.15) is 0 Å². The number of aromatic nitrogens is 1. The molecule has 0 aromatic carbocycles. The number of rotatable bonds is 4. The van der Waals surface area contributed by atoms with Crippen molar-refractivity contribution in [2.45, 2.75) is 12.3 Å². The van der Waals surface area contributed by atoms with Gasteiger partial charge in [0, 0.05) is 30.6 Å². The number of aliphatic hydroxyl groups excluding tert-OH is 1. The van der Waals surface area contributed by atoms with Crippen LogP contribution >= 0.6 is 11.3 Å². The summed E-state index contributed by atoms with van der Waals surface area (Å²) in [5, 5.41) is 11.6. The molecule has 0 bridgehead atoms. The van der Waals surface area contributed by atoms with Gasteiger partial charge in [-0.2, -0.15) is 0 Å². The van der Waals surface area contributed by atoms with Gasteiger partial charge in [-0.1, -0.05) is 0 Å². The molecule has 0 fully saturated rings. The van der Waals surface area contributed by atoms with Crippen molar-refractivity contribution in [1.29, 1.82) is 0 Å². The predicted octanol–water partition coefficient (Wildman–Crippen LogP) is 0.568. The standard InChI is InChI=1S/C7H12N2OS/c8-5-6(1-3-10)7-9-2-4-11-7/h2,4,6,10H,1,3,5,8H2. The van der Waals surface area contributed by atoms with Gasteiger partial charge in [-0.25, -0.2) is 4.98 Å². The number of nitrogens with two attached hydrogens (primary N) is 1. The molecule has 0 spiro atoms. The lowest BCUT2D eigenvalue weighted by molar-refractivity contribution is 0.276. The molecule has 0 radical (unpaired) electrons. The molecule has 1 aromatic heterocycles. The summed E-state index contributed by atoms with van der Waals surface area (Å²) in [6.45, 7) is 0.746. The van der Waals surface area contributed by atoms with Crippen molar-refractivity contribution in [1.82, 2.24) is 4.98 Å². The first-order chi connectivity index (χ1) is 5.38. The van der Waals surface area contributed by atoms with E-state index in [0.29, 0.717) is 13.0 Å². The number of hydrogen-bond donors (Lipinski definition) is 2. The second-order valence-corrected chi connectivity index (χ2v) is 3.24. The molecule has 1 aromatic rings. The van der Waals surface area contributed by atoms with E-state index in [4.69, 9.17) is 10.8 Å². The Balaban J connectivity index is 2.56. The maximum Gasteiger partial charge on any atom is 0.0969 e. The summed E-state index contributed by atoms with van der Waals surface area (Å²) in [4.78, 5) is 4.13. The van der Waals surface area contributed by atoms with E-state index in [2.05, 4.69) is 4.98 Å². The van der Waals surface area contributed by atoms with Crippen molar-refractivity contribution in [3.63, 3.8) is 0 Å². The highest BCUT2D eigenvalue weighted by molar-refractivity contribution is 7.09. The molecule has 0 saturated carbocycles. The average Bonchev–Trinajstić information content (AvgIpc) is 2.52. The Labute approximate surface area is 69.9 Å². The monoisotopic (exact) mass is 172 g/mol. The van der Waals surface area contributed by atoms with Gasteiger partial charge < -0.3 is 10.8 Å². The summed E-state index contributed by atoms with van der Waals surface area (Å²) >= 11 is 1.59. The number of hydrogen-bond acceptors (Lipinski definition) is 4. The maximum atomic E-state index is 8.69. The predicted molar refractivity (Wildman–Crippen MR) is 45.6 cm³/mol. The van der Waals surface area contributed by atoms with Crippen molar-refractivity contribution < 1.29 is 5.11 Å². The molecule has 3 nitrogen and oxygen atoms in total. The van der Waals surface area contributed by atoms with Crippen LogP contribution in [0.4, 0.5) is 0 Å². The van der Waals surface area contributed by atoms with Crippen molar-refractivity contribution in [2.24, 2.45) is 5.73 Å². The Morgan fingerprint density at radius 3 is 3.00 bits per heavy atom. The highest BCUT2D eigenvalue weighted by Crippen LogP contribution is 2.19. The fourth-order valence-corrected chi connectivity index (χ4v) is 1.72. The minimum Gasteiger partial charge on any atom is -0.396 e. The summed E-state index contributed by atoms with van der Waals surface area (Å²) < 4.78 is 0. The summed E-state index contributed by atoms with van der Waals surface area (Å²) in [6, 6.07) is 0. The Hall–Kier alpha value is -0.450. The number of aliphatic hydroxyl groups is 1. The largest absolute Gasteiger partial charge is 0.396 e. The molecule has 0 aliphatic heterocycles. The maximum absolute atomic E-state index is 8.69. The molecular formula is C7H12N2OS. The Morgan fingerprint density at radius 2 is 2.55 bits per heavy atom. The molecular weight excluding hydrogens is 160 g/mol. The molecule has 1 rings (SSSR count). The summed E-state index contributed by atoms with van der Waals surface area (Å²) in [7, 11) is 0. The van der Waals surface area contributed by atoms with Gasteiger partial charge in [-0.3, -0.25) is 0 Å². The van der Waals surface area contributed by atoms with E-state index in [1.807, 2.05) is 5.38 Å². The Bertz CT molecular complexity index is 188. The van der Waals surface area contributed by atoms with Crippen LogP contribution in [-0.2, 0) is 0 Å². The third kappa shape index (κ3) is 2.25. The lowest BCUT2D eigenvalue weighted by Crippen LogP contribution is -2.13. The van der Waals surface area contributed by atoms with Crippen LogP contribution in [0.5, 0.6) is 0 Å². The fourth-order valence-electron chi connectivity index (χ4n) is 0.934. The van der Waals surface area contributed by atoms with Crippen LogP contribution in [-0.4, -0.2) is 23.2 Å². The second kappa shape index (κ2) is 4.43. The lowest BCUT2D eigenvalue weighted by atomic mass is 10.1. The SMILES string of the molecule is NCC(CCO)c1nccs1. The van der Waals surface area contributed by atoms with Crippen LogP contribution in [0.3, 0.4) is 0 Å². The zero-order valence-electron chi connectivity index (χ0n) is 6.23. The molecule has 62 valence electrons. The van der Waals surface area contributed by atoms with Crippen LogP contribution in [0.25, 0.3) is 0 Å². The summed E-state index contributed by atoms with van der Waals surface area (Å²) in [5.41, 5.74) is 5.51. The minimum atomic E-state index is 0.182. The Morgan fingerprint density at radius 1 is 1.73 bits per heavy atom.